The van der Waals surface area contributed by atoms with Crippen molar-refractivity contribution in [3.63, 3.8) is 0 Å². The number of likely N-dealkylation sites (N-methyl/N-ethyl adjacent to an activating group) is 1. The van der Waals surface area contributed by atoms with Gasteiger partial charge in [0, 0.05) is 24.6 Å². The molecule has 1 unspecified atom stereocenters. The molecule has 5 nitrogen and oxygen atoms in total. The molecule has 0 bridgehead atoms. The van der Waals surface area contributed by atoms with Gasteiger partial charge in [-0.25, -0.2) is 4.79 Å². The number of carboxylic acid groups (broad SMARTS) is 1. The van der Waals surface area contributed by atoms with E-state index in [1.54, 1.807) is 7.11 Å². The van der Waals surface area contributed by atoms with Crippen LogP contribution in [-0.2, 0) is 11.8 Å². The van der Waals surface area contributed by atoms with Crippen LogP contribution in [0.1, 0.15) is 31.9 Å². The van der Waals surface area contributed by atoms with Gasteiger partial charge in [0.05, 0.1) is 7.11 Å². The Kier molecular flexibility index (Phi) is 3.54. The van der Waals surface area contributed by atoms with Gasteiger partial charge in [0.15, 0.2) is 6.23 Å². The Bertz CT molecular complexity index is 533. The maximum absolute atomic E-state index is 11.1. The molecule has 20 heavy (non-hydrogen) atoms. The largest absolute Gasteiger partial charge is 0.497 e. The summed E-state index contributed by atoms with van der Waals surface area (Å²) in [5.41, 5.74) is 1.93. The van der Waals surface area contributed by atoms with Crippen LogP contribution >= 0.6 is 0 Å². The number of fused-ring (bicyclic) bond motifs is 1. The molecule has 1 N–H and O–H groups in total. The lowest BCUT2D eigenvalue weighted by atomic mass is 9.85. The third-order valence-electron chi connectivity index (χ3n) is 3.57. The monoisotopic (exact) mass is 279 g/mol. The first-order valence-corrected chi connectivity index (χ1v) is 6.58. The molecule has 1 atom stereocenters. The van der Waals surface area contributed by atoms with Crippen LogP contribution in [0.15, 0.2) is 12.1 Å². The van der Waals surface area contributed by atoms with Crippen LogP contribution in [0.25, 0.3) is 0 Å². The highest BCUT2D eigenvalue weighted by atomic mass is 16.5. The second kappa shape index (κ2) is 4.89. The Morgan fingerprint density at radius 2 is 2.10 bits per heavy atom. The minimum atomic E-state index is -0.993. The first kappa shape index (κ1) is 14.5. The second-order valence-electron chi connectivity index (χ2n) is 6.08. The molecule has 0 saturated heterocycles. The number of rotatable bonds is 2. The zero-order chi connectivity index (χ0) is 15.1. The highest BCUT2D eigenvalue weighted by Gasteiger charge is 2.34. The van der Waals surface area contributed by atoms with Crippen LogP contribution < -0.4 is 9.47 Å². The lowest BCUT2D eigenvalue weighted by Gasteiger charge is -2.24. The smallest absolute Gasteiger partial charge is 0.409 e. The van der Waals surface area contributed by atoms with Crippen molar-refractivity contribution in [3.8, 4) is 11.5 Å². The fraction of sp³-hybridized carbons (Fsp3) is 0.533. The van der Waals surface area contributed by atoms with Gasteiger partial charge in [-0.1, -0.05) is 20.8 Å². The summed E-state index contributed by atoms with van der Waals surface area (Å²) >= 11 is 0. The molecule has 1 heterocycles. The molecule has 5 heteroatoms. The molecule has 1 aromatic rings. The lowest BCUT2D eigenvalue weighted by Crippen LogP contribution is -2.39. The van der Waals surface area contributed by atoms with E-state index < -0.39 is 12.3 Å². The summed E-state index contributed by atoms with van der Waals surface area (Å²) in [5, 5.41) is 9.07. The molecule has 1 amide bonds. The number of nitrogens with zero attached hydrogens (tertiary/aromatic N) is 1. The van der Waals surface area contributed by atoms with E-state index in [9.17, 15) is 4.79 Å². The zero-order valence-electron chi connectivity index (χ0n) is 12.6. The van der Waals surface area contributed by atoms with Crippen molar-refractivity contribution in [2.45, 2.75) is 38.8 Å². The summed E-state index contributed by atoms with van der Waals surface area (Å²) < 4.78 is 11.2. The Labute approximate surface area is 119 Å². The molecule has 2 rings (SSSR count). The number of methoxy groups -OCH3 is 1. The van der Waals surface area contributed by atoms with E-state index in [1.165, 1.54) is 11.9 Å². The Balaban J connectivity index is 2.43. The highest BCUT2D eigenvalue weighted by Crippen LogP contribution is 2.42. The van der Waals surface area contributed by atoms with Crippen LogP contribution in [0.5, 0.6) is 11.5 Å². The van der Waals surface area contributed by atoms with Crippen LogP contribution in [0.2, 0.25) is 0 Å². The van der Waals surface area contributed by atoms with E-state index in [4.69, 9.17) is 14.6 Å². The van der Waals surface area contributed by atoms with Crippen molar-refractivity contribution in [3.05, 3.63) is 23.3 Å². The molecule has 110 valence electrons. The number of amides is 1. The molecule has 0 spiro atoms. The Morgan fingerprint density at radius 3 is 2.60 bits per heavy atom. The maximum Gasteiger partial charge on any atom is 0.409 e. The molecule has 1 aromatic carbocycles. The summed E-state index contributed by atoms with van der Waals surface area (Å²) in [6.07, 6.45) is -0.930. The number of carbonyl (C=O) groups is 1. The third kappa shape index (κ3) is 2.53. The quantitative estimate of drug-likeness (QED) is 0.904. The predicted octanol–water partition coefficient (Wildman–Crippen LogP) is 2.86. The lowest BCUT2D eigenvalue weighted by molar-refractivity contribution is 0.0598. The van der Waals surface area contributed by atoms with E-state index >= 15 is 0 Å². The van der Waals surface area contributed by atoms with Crippen molar-refractivity contribution < 1.29 is 19.4 Å². The fourth-order valence-electron chi connectivity index (χ4n) is 2.33. The van der Waals surface area contributed by atoms with Crippen LogP contribution in [0.4, 0.5) is 4.79 Å². The Morgan fingerprint density at radius 1 is 1.45 bits per heavy atom. The van der Waals surface area contributed by atoms with Gasteiger partial charge in [0.1, 0.15) is 11.5 Å². The molecule has 0 aromatic heterocycles. The van der Waals surface area contributed by atoms with Crippen molar-refractivity contribution in [1.29, 1.82) is 0 Å². The molecule has 0 aliphatic carbocycles. The first-order valence-electron chi connectivity index (χ1n) is 6.58. The summed E-state index contributed by atoms with van der Waals surface area (Å²) in [7, 11) is 3.15. The minimum absolute atomic E-state index is 0.102. The van der Waals surface area contributed by atoms with Gasteiger partial charge in [-0.05, 0) is 17.5 Å². The van der Waals surface area contributed by atoms with Crippen molar-refractivity contribution in [1.82, 2.24) is 4.90 Å². The molecular weight excluding hydrogens is 258 g/mol. The summed E-state index contributed by atoms with van der Waals surface area (Å²) in [5.74, 6) is 1.56. The zero-order valence-corrected chi connectivity index (χ0v) is 12.6. The van der Waals surface area contributed by atoms with Crippen molar-refractivity contribution in [2.75, 3.05) is 14.2 Å². The van der Waals surface area contributed by atoms with E-state index in [0.29, 0.717) is 6.42 Å². The van der Waals surface area contributed by atoms with E-state index in [1.807, 2.05) is 12.1 Å². The highest BCUT2D eigenvalue weighted by molar-refractivity contribution is 5.65. The van der Waals surface area contributed by atoms with Gasteiger partial charge >= 0.3 is 6.09 Å². The summed E-state index contributed by atoms with van der Waals surface area (Å²) in [6.45, 7) is 6.29. The number of benzene rings is 1. The van der Waals surface area contributed by atoms with Gasteiger partial charge in [-0.2, -0.15) is 0 Å². The molecule has 0 saturated carbocycles. The standard InChI is InChI=1S/C15H21NO4/c1-15(2,3)11-8-10(19-5)6-9-7-12(20-13(9)11)16(4)14(17)18/h6,8,12H,7H2,1-5H3,(H,17,18). The van der Waals surface area contributed by atoms with Gasteiger partial charge in [-0.3, -0.25) is 4.90 Å². The summed E-state index contributed by atoms with van der Waals surface area (Å²) in [4.78, 5) is 12.3. The van der Waals surface area contributed by atoms with Crippen LogP contribution in [0, 0.1) is 0 Å². The topological polar surface area (TPSA) is 59.0 Å². The second-order valence-corrected chi connectivity index (χ2v) is 6.08. The molecule has 1 aliphatic rings. The molecule has 1 aliphatic heterocycles. The van der Waals surface area contributed by atoms with E-state index in [2.05, 4.69) is 20.8 Å². The third-order valence-corrected chi connectivity index (χ3v) is 3.57. The fourth-order valence-corrected chi connectivity index (χ4v) is 2.33. The minimum Gasteiger partial charge on any atom is -0.497 e. The maximum atomic E-state index is 11.1. The predicted molar refractivity (Wildman–Crippen MR) is 75.6 cm³/mol. The SMILES string of the molecule is COc1cc2c(c(C(C)(C)C)c1)OC(N(C)C(=O)O)C2. The van der Waals surface area contributed by atoms with Gasteiger partial charge in [0.25, 0.3) is 0 Å². The molecule has 0 radical (unpaired) electrons. The average Bonchev–Trinajstić information content (AvgIpc) is 2.78. The van der Waals surface area contributed by atoms with Gasteiger partial charge < -0.3 is 14.6 Å². The van der Waals surface area contributed by atoms with Crippen molar-refractivity contribution in [2.24, 2.45) is 0 Å². The number of hydrogen-bond donors (Lipinski definition) is 1. The van der Waals surface area contributed by atoms with Gasteiger partial charge in [0.2, 0.25) is 0 Å². The number of ether oxygens (including phenoxy) is 2. The normalized spacial score (nSPS) is 17.4. The number of hydrogen-bond acceptors (Lipinski definition) is 3. The molecule has 0 fully saturated rings. The van der Waals surface area contributed by atoms with Gasteiger partial charge in [-0.15, -0.1) is 0 Å². The molecular formula is C15H21NO4. The van der Waals surface area contributed by atoms with Crippen molar-refractivity contribution >= 4 is 6.09 Å². The Hall–Kier alpha value is -1.91. The van der Waals surface area contributed by atoms with E-state index in [-0.39, 0.29) is 5.41 Å². The van der Waals surface area contributed by atoms with E-state index in [0.717, 1.165) is 22.6 Å². The average molecular weight is 279 g/mol. The van der Waals surface area contributed by atoms with Crippen LogP contribution in [0.3, 0.4) is 0 Å². The summed E-state index contributed by atoms with van der Waals surface area (Å²) in [6, 6.07) is 3.88. The van der Waals surface area contributed by atoms with Crippen LogP contribution in [-0.4, -0.2) is 36.5 Å². The first-order chi connectivity index (χ1) is 9.24.